The fourth-order valence-corrected chi connectivity index (χ4v) is 2.72. The average molecular weight is 318 g/mol. The molecule has 4 nitrogen and oxygen atoms in total. The van der Waals surface area contributed by atoms with Crippen LogP contribution in [0.2, 0.25) is 0 Å². The number of carbonyl (C=O) groups is 3. The molecule has 1 atom stereocenters. The Bertz CT molecular complexity index is 587. The molecular weight excluding hydrogens is 292 g/mol. The van der Waals surface area contributed by atoms with Gasteiger partial charge in [-0.3, -0.25) is 9.59 Å². The van der Waals surface area contributed by atoms with Crippen molar-refractivity contribution >= 4 is 17.3 Å². The summed E-state index contributed by atoms with van der Waals surface area (Å²) in [6.45, 7) is 6.99. The number of carbonyl (C=O) groups excluding carboxylic acids is 3. The van der Waals surface area contributed by atoms with Gasteiger partial charge >= 0.3 is 0 Å². The van der Waals surface area contributed by atoms with Crippen LogP contribution in [0.1, 0.15) is 68.8 Å². The molecule has 0 amide bonds. The fraction of sp³-hybridized carbons (Fsp3) is 0.526. The predicted molar refractivity (Wildman–Crippen MR) is 90.1 cm³/mol. The summed E-state index contributed by atoms with van der Waals surface area (Å²) in [5.41, 5.74) is 1.47. The first-order chi connectivity index (χ1) is 10.8. The van der Waals surface area contributed by atoms with Gasteiger partial charge in [-0.1, -0.05) is 26.0 Å². The van der Waals surface area contributed by atoms with Gasteiger partial charge in [0, 0.05) is 29.9 Å². The van der Waals surface area contributed by atoms with Crippen molar-refractivity contribution in [2.75, 3.05) is 7.11 Å². The molecule has 1 rings (SSSR count). The van der Waals surface area contributed by atoms with Crippen molar-refractivity contribution in [3.8, 4) is 5.75 Å². The molecule has 0 aliphatic heterocycles. The molecule has 0 heterocycles. The zero-order chi connectivity index (χ0) is 17.6. The normalized spacial score (nSPS) is 12.1. The van der Waals surface area contributed by atoms with Gasteiger partial charge in [0.1, 0.15) is 17.3 Å². The Morgan fingerprint density at radius 2 is 1.78 bits per heavy atom. The van der Waals surface area contributed by atoms with Crippen molar-refractivity contribution < 1.29 is 19.1 Å². The first kappa shape index (κ1) is 19.1. The van der Waals surface area contributed by atoms with E-state index in [1.54, 1.807) is 19.2 Å². The van der Waals surface area contributed by atoms with E-state index in [-0.39, 0.29) is 29.7 Å². The van der Waals surface area contributed by atoms with Gasteiger partial charge in [-0.25, -0.2) is 0 Å². The van der Waals surface area contributed by atoms with E-state index in [9.17, 15) is 14.4 Å². The third kappa shape index (κ3) is 5.31. The van der Waals surface area contributed by atoms with Gasteiger partial charge in [-0.15, -0.1) is 0 Å². The SMILES string of the molecule is COc1cccc(C(=O)CC(CCC(C)=O)C(C)=O)c1C(C)C. The van der Waals surface area contributed by atoms with Gasteiger partial charge < -0.3 is 9.53 Å². The van der Waals surface area contributed by atoms with Crippen LogP contribution in [0.15, 0.2) is 18.2 Å². The summed E-state index contributed by atoms with van der Waals surface area (Å²) in [6, 6.07) is 5.41. The third-order valence-corrected chi connectivity index (χ3v) is 4.02. The van der Waals surface area contributed by atoms with Crippen LogP contribution in [0.4, 0.5) is 0 Å². The van der Waals surface area contributed by atoms with E-state index >= 15 is 0 Å². The Kier molecular flexibility index (Phi) is 7.14. The first-order valence-corrected chi connectivity index (χ1v) is 7.97. The molecule has 0 bridgehead atoms. The van der Waals surface area contributed by atoms with Crippen molar-refractivity contribution in [3.63, 3.8) is 0 Å². The largest absolute Gasteiger partial charge is 0.496 e. The second-order valence-corrected chi connectivity index (χ2v) is 6.25. The highest BCUT2D eigenvalue weighted by molar-refractivity contribution is 6.00. The van der Waals surface area contributed by atoms with Crippen molar-refractivity contribution in [3.05, 3.63) is 29.3 Å². The Morgan fingerprint density at radius 1 is 1.13 bits per heavy atom. The molecule has 126 valence electrons. The second-order valence-electron chi connectivity index (χ2n) is 6.25. The molecule has 1 unspecified atom stereocenters. The number of methoxy groups -OCH3 is 1. The molecule has 0 spiro atoms. The quantitative estimate of drug-likeness (QED) is 0.646. The second kappa shape index (κ2) is 8.61. The smallest absolute Gasteiger partial charge is 0.164 e. The summed E-state index contributed by atoms with van der Waals surface area (Å²) in [7, 11) is 1.58. The first-order valence-electron chi connectivity index (χ1n) is 7.97. The van der Waals surface area contributed by atoms with Crippen LogP contribution in [0.5, 0.6) is 5.75 Å². The monoisotopic (exact) mass is 318 g/mol. The number of benzene rings is 1. The zero-order valence-electron chi connectivity index (χ0n) is 14.6. The lowest BCUT2D eigenvalue weighted by Gasteiger charge is -2.18. The Morgan fingerprint density at radius 3 is 2.26 bits per heavy atom. The molecule has 0 fully saturated rings. The predicted octanol–water partition coefficient (Wildman–Crippen LogP) is 3.97. The molecule has 23 heavy (non-hydrogen) atoms. The van der Waals surface area contributed by atoms with Crippen LogP contribution in [0, 0.1) is 5.92 Å². The van der Waals surface area contributed by atoms with Crippen LogP contribution < -0.4 is 4.74 Å². The number of hydrogen-bond acceptors (Lipinski definition) is 4. The maximum atomic E-state index is 12.7. The van der Waals surface area contributed by atoms with Gasteiger partial charge in [0.05, 0.1) is 7.11 Å². The van der Waals surface area contributed by atoms with Crippen LogP contribution in [-0.2, 0) is 9.59 Å². The van der Waals surface area contributed by atoms with E-state index in [1.165, 1.54) is 13.8 Å². The van der Waals surface area contributed by atoms with Crippen LogP contribution in [0.3, 0.4) is 0 Å². The summed E-state index contributed by atoms with van der Waals surface area (Å²) >= 11 is 0. The molecule has 0 N–H and O–H groups in total. The minimum atomic E-state index is -0.405. The van der Waals surface area contributed by atoms with Gasteiger partial charge in [0.15, 0.2) is 5.78 Å². The van der Waals surface area contributed by atoms with E-state index in [1.807, 2.05) is 19.9 Å². The van der Waals surface area contributed by atoms with Crippen molar-refractivity contribution in [2.45, 2.75) is 52.9 Å². The highest BCUT2D eigenvalue weighted by Gasteiger charge is 2.23. The summed E-state index contributed by atoms with van der Waals surface area (Å²) in [5, 5.41) is 0. The Balaban J connectivity index is 3.04. The fourth-order valence-electron chi connectivity index (χ4n) is 2.72. The van der Waals surface area contributed by atoms with E-state index in [4.69, 9.17) is 4.74 Å². The summed E-state index contributed by atoms with van der Waals surface area (Å²) < 4.78 is 5.37. The molecule has 0 radical (unpaired) electrons. The van der Waals surface area contributed by atoms with Crippen LogP contribution in [0.25, 0.3) is 0 Å². The molecule has 4 heteroatoms. The standard InChI is InChI=1S/C19H26O4/c1-12(2)19-16(7-6-8-18(19)23-5)17(22)11-15(14(4)21)10-9-13(3)20/h6-8,12,15H,9-11H2,1-5H3. The van der Waals surface area contributed by atoms with Gasteiger partial charge in [-0.05, 0) is 32.3 Å². The minimum absolute atomic E-state index is 0.0351. The highest BCUT2D eigenvalue weighted by atomic mass is 16.5. The molecule has 0 aromatic heterocycles. The van der Waals surface area contributed by atoms with Gasteiger partial charge in [-0.2, -0.15) is 0 Å². The molecule has 1 aromatic carbocycles. The topological polar surface area (TPSA) is 60.4 Å². The molecule has 0 saturated carbocycles. The van der Waals surface area contributed by atoms with Crippen LogP contribution >= 0.6 is 0 Å². The van der Waals surface area contributed by atoms with E-state index in [0.717, 1.165) is 5.56 Å². The Hall–Kier alpha value is -1.97. The lowest BCUT2D eigenvalue weighted by molar-refractivity contribution is -0.121. The van der Waals surface area contributed by atoms with Crippen molar-refractivity contribution in [1.29, 1.82) is 0 Å². The van der Waals surface area contributed by atoms with E-state index < -0.39 is 5.92 Å². The molecule has 0 aliphatic rings. The maximum Gasteiger partial charge on any atom is 0.164 e. The lowest BCUT2D eigenvalue weighted by atomic mass is 9.87. The van der Waals surface area contributed by atoms with Crippen molar-refractivity contribution in [1.82, 2.24) is 0 Å². The van der Waals surface area contributed by atoms with Crippen molar-refractivity contribution in [2.24, 2.45) is 5.92 Å². The number of rotatable bonds is 9. The van der Waals surface area contributed by atoms with E-state index in [0.29, 0.717) is 24.2 Å². The molecule has 1 aromatic rings. The number of hydrogen-bond donors (Lipinski definition) is 0. The van der Waals surface area contributed by atoms with Gasteiger partial charge in [0.25, 0.3) is 0 Å². The summed E-state index contributed by atoms with van der Waals surface area (Å²) in [6.07, 6.45) is 0.888. The molecule has 0 aliphatic carbocycles. The summed E-state index contributed by atoms with van der Waals surface area (Å²) in [5.74, 6) is 0.336. The highest BCUT2D eigenvalue weighted by Crippen LogP contribution is 2.31. The minimum Gasteiger partial charge on any atom is -0.496 e. The maximum absolute atomic E-state index is 12.7. The summed E-state index contributed by atoms with van der Waals surface area (Å²) in [4.78, 5) is 35.6. The number of Topliss-reactive ketones (excluding diaryl/α,β-unsaturated/α-hetero) is 3. The zero-order valence-corrected chi connectivity index (χ0v) is 14.6. The van der Waals surface area contributed by atoms with Crippen LogP contribution in [-0.4, -0.2) is 24.5 Å². The Labute approximate surface area is 138 Å². The number of ether oxygens (including phenoxy) is 1. The molecule has 0 saturated heterocycles. The van der Waals surface area contributed by atoms with Gasteiger partial charge in [0.2, 0.25) is 0 Å². The van der Waals surface area contributed by atoms with E-state index in [2.05, 4.69) is 0 Å². The lowest BCUT2D eigenvalue weighted by Crippen LogP contribution is -2.18. The number of ketones is 3. The molecular formula is C19H26O4. The third-order valence-electron chi connectivity index (χ3n) is 4.02. The average Bonchev–Trinajstić information content (AvgIpc) is 2.49.